The molecule has 0 fully saturated rings. The lowest BCUT2D eigenvalue weighted by Gasteiger charge is -2.30. The summed E-state index contributed by atoms with van der Waals surface area (Å²) in [6, 6.07) is 32.3. The number of anilines is 2. The number of Topliss-reactive ketones (excluding diaryl/α,β-unsaturated/α-hetero) is 1. The number of carbonyl (C=O) groups excluding carboxylic acids is 1. The Balaban J connectivity index is 1.34. The van der Waals surface area contributed by atoms with Crippen LogP contribution >= 0.6 is 0 Å². The van der Waals surface area contributed by atoms with Gasteiger partial charge in [0, 0.05) is 46.0 Å². The van der Waals surface area contributed by atoms with Crippen LogP contribution in [0.25, 0.3) is 21.8 Å². The van der Waals surface area contributed by atoms with Crippen molar-refractivity contribution in [3.8, 4) is 0 Å². The number of nitrogens with one attached hydrogen (secondary N) is 2. The molecule has 4 heteroatoms. The van der Waals surface area contributed by atoms with Gasteiger partial charge in [-0.15, -0.1) is 0 Å². The van der Waals surface area contributed by atoms with Crippen molar-refractivity contribution in [3.05, 3.63) is 119 Å². The molecule has 0 spiro atoms. The highest BCUT2D eigenvalue weighted by atomic mass is 16.1. The topological polar surface area (TPSA) is 46.1 Å². The molecule has 0 saturated heterocycles. The van der Waals surface area contributed by atoms with Crippen LogP contribution in [0.15, 0.2) is 102 Å². The van der Waals surface area contributed by atoms with Gasteiger partial charge in [-0.05, 0) is 71.7 Å². The molecule has 206 valence electrons. The quantitative estimate of drug-likeness (QED) is 0.240. The van der Waals surface area contributed by atoms with E-state index in [1.807, 2.05) is 12.1 Å². The SMILES string of the molecule is CCn1c2ccccc2c2cc(C3Nc4ccccc4NC4=C3C(=O)CC(c3ccc(C(C)(C)C)cc3)C4)ccc21. The summed E-state index contributed by atoms with van der Waals surface area (Å²) in [7, 11) is 0. The molecular formula is C37H37N3O. The first-order valence-corrected chi connectivity index (χ1v) is 14.8. The Morgan fingerprint density at radius 3 is 2.22 bits per heavy atom. The minimum atomic E-state index is -0.231. The number of carbonyl (C=O) groups is 1. The number of allylic oxidation sites excluding steroid dienone is 1. The van der Waals surface area contributed by atoms with E-state index in [9.17, 15) is 4.79 Å². The highest BCUT2D eigenvalue weighted by Crippen LogP contribution is 2.45. The van der Waals surface area contributed by atoms with E-state index in [2.05, 4.69) is 122 Å². The third-order valence-corrected chi connectivity index (χ3v) is 9.00. The fourth-order valence-electron chi connectivity index (χ4n) is 6.82. The van der Waals surface area contributed by atoms with Gasteiger partial charge < -0.3 is 15.2 Å². The molecule has 1 aliphatic heterocycles. The Hall–Kier alpha value is -4.31. The lowest BCUT2D eigenvalue weighted by molar-refractivity contribution is -0.116. The van der Waals surface area contributed by atoms with Gasteiger partial charge in [-0.25, -0.2) is 0 Å². The third-order valence-electron chi connectivity index (χ3n) is 9.00. The Labute approximate surface area is 242 Å². The van der Waals surface area contributed by atoms with Crippen LogP contribution in [0.2, 0.25) is 0 Å². The molecule has 0 bridgehead atoms. The van der Waals surface area contributed by atoms with Crippen molar-refractivity contribution in [2.45, 2.75) is 64.5 Å². The van der Waals surface area contributed by atoms with Crippen LogP contribution in [0.3, 0.4) is 0 Å². The average Bonchev–Trinajstić information content (AvgIpc) is 3.18. The Morgan fingerprint density at radius 2 is 1.46 bits per heavy atom. The van der Waals surface area contributed by atoms with E-state index in [-0.39, 0.29) is 23.2 Å². The number of fused-ring (bicyclic) bond motifs is 4. The largest absolute Gasteiger partial charge is 0.372 e. The van der Waals surface area contributed by atoms with E-state index < -0.39 is 0 Å². The lowest BCUT2D eigenvalue weighted by atomic mass is 9.77. The standard InChI is InChI=1S/C37H37N3O/c1-5-40-32-13-9-6-10-27(32)28-20-24(16-19-33(28)40)36-35-31(38-29-11-7-8-12-30(29)39-36)21-25(22-34(35)41)23-14-17-26(18-15-23)37(2,3)4/h6-20,25,36,38-39H,5,21-22H2,1-4H3. The zero-order valence-electron chi connectivity index (χ0n) is 24.3. The first kappa shape index (κ1) is 25.6. The van der Waals surface area contributed by atoms with Crippen molar-refractivity contribution < 1.29 is 4.79 Å². The van der Waals surface area contributed by atoms with Crippen LogP contribution in [0.1, 0.15) is 69.2 Å². The maximum absolute atomic E-state index is 14.1. The molecule has 4 aromatic carbocycles. The van der Waals surface area contributed by atoms with E-state index >= 15 is 0 Å². The molecule has 2 aliphatic rings. The van der Waals surface area contributed by atoms with Gasteiger partial charge in [0.25, 0.3) is 0 Å². The number of hydrogen-bond acceptors (Lipinski definition) is 3. The van der Waals surface area contributed by atoms with Crippen LogP contribution in [-0.4, -0.2) is 10.4 Å². The van der Waals surface area contributed by atoms with E-state index in [0.29, 0.717) is 6.42 Å². The number of ketones is 1. The van der Waals surface area contributed by atoms with E-state index in [1.54, 1.807) is 0 Å². The van der Waals surface area contributed by atoms with Gasteiger partial charge in [-0.2, -0.15) is 0 Å². The molecule has 1 aliphatic carbocycles. The van der Waals surface area contributed by atoms with Crippen LogP contribution in [-0.2, 0) is 16.8 Å². The first-order chi connectivity index (χ1) is 19.8. The molecule has 5 aromatic rings. The van der Waals surface area contributed by atoms with E-state index in [4.69, 9.17) is 0 Å². The van der Waals surface area contributed by atoms with Crippen molar-refractivity contribution in [3.63, 3.8) is 0 Å². The van der Waals surface area contributed by atoms with Gasteiger partial charge in [0.2, 0.25) is 0 Å². The molecule has 2 N–H and O–H groups in total. The first-order valence-electron chi connectivity index (χ1n) is 14.8. The summed E-state index contributed by atoms with van der Waals surface area (Å²) in [5.41, 5.74) is 10.2. The molecule has 1 aromatic heterocycles. The fraction of sp³-hybridized carbons (Fsp3) is 0.270. The Morgan fingerprint density at radius 1 is 0.780 bits per heavy atom. The van der Waals surface area contributed by atoms with Crippen molar-refractivity contribution in [2.24, 2.45) is 0 Å². The van der Waals surface area contributed by atoms with E-state index in [1.165, 1.54) is 32.9 Å². The normalized spacial score (nSPS) is 19.0. The summed E-state index contributed by atoms with van der Waals surface area (Å²) in [6.07, 6.45) is 1.32. The van der Waals surface area contributed by atoms with Crippen molar-refractivity contribution in [2.75, 3.05) is 10.6 Å². The molecule has 2 unspecified atom stereocenters. The maximum atomic E-state index is 14.1. The lowest BCUT2D eigenvalue weighted by Crippen LogP contribution is -2.27. The summed E-state index contributed by atoms with van der Waals surface area (Å²) >= 11 is 0. The van der Waals surface area contributed by atoms with Crippen molar-refractivity contribution in [1.82, 2.24) is 4.57 Å². The Bertz CT molecular complexity index is 1830. The molecular weight excluding hydrogens is 502 g/mol. The second-order valence-corrected chi connectivity index (χ2v) is 12.6. The van der Waals surface area contributed by atoms with Crippen molar-refractivity contribution in [1.29, 1.82) is 0 Å². The number of rotatable bonds is 3. The molecule has 0 amide bonds. The molecule has 41 heavy (non-hydrogen) atoms. The minimum Gasteiger partial charge on any atom is -0.372 e. The molecule has 7 rings (SSSR count). The fourth-order valence-corrected chi connectivity index (χ4v) is 6.82. The van der Waals surface area contributed by atoms with Crippen LogP contribution < -0.4 is 10.6 Å². The van der Waals surface area contributed by atoms with Crippen LogP contribution in [0.4, 0.5) is 11.4 Å². The maximum Gasteiger partial charge on any atom is 0.163 e. The minimum absolute atomic E-state index is 0.104. The van der Waals surface area contributed by atoms with Crippen LogP contribution in [0.5, 0.6) is 0 Å². The summed E-state index contributed by atoms with van der Waals surface area (Å²) in [4.78, 5) is 14.1. The number of para-hydroxylation sites is 3. The zero-order chi connectivity index (χ0) is 28.3. The molecule has 0 saturated carbocycles. The van der Waals surface area contributed by atoms with Gasteiger partial charge in [0.1, 0.15) is 0 Å². The predicted molar refractivity (Wildman–Crippen MR) is 171 cm³/mol. The average molecular weight is 540 g/mol. The number of aryl methyl sites for hydroxylation is 1. The second-order valence-electron chi connectivity index (χ2n) is 12.6. The van der Waals surface area contributed by atoms with Gasteiger partial charge in [-0.3, -0.25) is 4.79 Å². The smallest absolute Gasteiger partial charge is 0.163 e. The van der Waals surface area contributed by atoms with Gasteiger partial charge in [0.15, 0.2) is 5.78 Å². The van der Waals surface area contributed by atoms with Gasteiger partial charge in [-0.1, -0.05) is 81.4 Å². The third kappa shape index (κ3) is 4.33. The highest BCUT2D eigenvalue weighted by Gasteiger charge is 2.36. The monoisotopic (exact) mass is 539 g/mol. The Kier molecular flexibility index (Phi) is 6.04. The number of nitrogens with zero attached hydrogens (tertiary/aromatic N) is 1. The van der Waals surface area contributed by atoms with Crippen LogP contribution in [0, 0.1) is 0 Å². The van der Waals surface area contributed by atoms with Gasteiger partial charge >= 0.3 is 0 Å². The predicted octanol–water partition coefficient (Wildman–Crippen LogP) is 9.09. The summed E-state index contributed by atoms with van der Waals surface area (Å²) in [6.45, 7) is 9.82. The van der Waals surface area contributed by atoms with Gasteiger partial charge in [0.05, 0.1) is 17.4 Å². The number of benzene rings is 4. The molecule has 2 heterocycles. The summed E-state index contributed by atoms with van der Waals surface area (Å²) < 4.78 is 2.37. The summed E-state index contributed by atoms with van der Waals surface area (Å²) in [5.74, 6) is 0.365. The summed E-state index contributed by atoms with van der Waals surface area (Å²) in [5, 5.41) is 9.95. The van der Waals surface area contributed by atoms with E-state index in [0.717, 1.165) is 41.2 Å². The zero-order valence-corrected chi connectivity index (χ0v) is 24.3. The molecule has 0 radical (unpaired) electrons. The molecule has 4 nitrogen and oxygen atoms in total. The molecule has 2 atom stereocenters. The second kappa shape index (κ2) is 9.66. The highest BCUT2D eigenvalue weighted by molar-refractivity contribution is 6.08. The number of aromatic nitrogens is 1. The number of hydrogen-bond donors (Lipinski definition) is 2. The van der Waals surface area contributed by atoms with Crippen molar-refractivity contribution >= 4 is 39.0 Å².